The summed E-state index contributed by atoms with van der Waals surface area (Å²) in [5.41, 5.74) is 0. The smallest absolute Gasteiger partial charge is 0.462 e. The largest absolute Gasteiger partial charge is 0.472 e. The van der Waals surface area contributed by atoms with Gasteiger partial charge in [-0.05, 0) is 31.6 Å². The van der Waals surface area contributed by atoms with Crippen molar-refractivity contribution < 1.29 is 80.2 Å². The number of carbonyl (C=O) groups excluding carboxylic acids is 4. The van der Waals surface area contributed by atoms with Crippen LogP contribution in [-0.4, -0.2) is 96.7 Å². The number of phosphoric acid groups is 2. The first-order chi connectivity index (χ1) is 45.0. The Bertz CT molecular complexity index is 1790. The quantitative estimate of drug-likeness (QED) is 0.0222. The number of rotatable bonds is 74. The van der Waals surface area contributed by atoms with E-state index in [2.05, 4.69) is 34.6 Å². The maximum Gasteiger partial charge on any atom is 0.472 e. The fourth-order valence-corrected chi connectivity index (χ4v) is 12.9. The Labute approximate surface area is 568 Å². The molecule has 0 amide bonds. The van der Waals surface area contributed by atoms with Gasteiger partial charge in [0.2, 0.25) is 0 Å². The van der Waals surface area contributed by atoms with Crippen molar-refractivity contribution in [3.05, 3.63) is 0 Å². The van der Waals surface area contributed by atoms with Gasteiger partial charge < -0.3 is 33.8 Å². The van der Waals surface area contributed by atoms with Crippen LogP contribution in [0.1, 0.15) is 388 Å². The zero-order valence-corrected chi connectivity index (χ0v) is 62.2. The van der Waals surface area contributed by atoms with Gasteiger partial charge in [-0.1, -0.05) is 336 Å². The maximum atomic E-state index is 13.1. The van der Waals surface area contributed by atoms with E-state index in [4.69, 9.17) is 37.0 Å². The first-order valence-corrected chi connectivity index (χ1v) is 41.6. The fourth-order valence-electron chi connectivity index (χ4n) is 11.4. The average molecular weight is 1370 g/mol. The van der Waals surface area contributed by atoms with Gasteiger partial charge in [-0.3, -0.25) is 37.3 Å². The first-order valence-electron chi connectivity index (χ1n) is 38.6. The molecule has 0 radical (unpaired) electrons. The van der Waals surface area contributed by atoms with E-state index in [9.17, 15) is 43.2 Å². The van der Waals surface area contributed by atoms with Crippen molar-refractivity contribution in [2.75, 3.05) is 39.6 Å². The minimum atomic E-state index is -4.95. The second-order valence-electron chi connectivity index (χ2n) is 27.2. The van der Waals surface area contributed by atoms with E-state index in [0.29, 0.717) is 25.7 Å². The Morgan fingerprint density at radius 1 is 0.290 bits per heavy atom. The van der Waals surface area contributed by atoms with E-state index >= 15 is 0 Å². The molecule has 0 aliphatic carbocycles. The summed E-state index contributed by atoms with van der Waals surface area (Å²) in [6, 6.07) is 0. The van der Waals surface area contributed by atoms with Gasteiger partial charge >= 0.3 is 39.5 Å². The molecular weight excluding hydrogens is 1220 g/mol. The molecule has 0 fully saturated rings. The van der Waals surface area contributed by atoms with Crippen molar-refractivity contribution in [1.29, 1.82) is 0 Å². The number of esters is 4. The third kappa shape index (κ3) is 68.4. The van der Waals surface area contributed by atoms with Crippen LogP contribution in [0.4, 0.5) is 0 Å². The molecular formula is C74H144O17P2. The first kappa shape index (κ1) is 91.1. The zero-order chi connectivity index (χ0) is 68.4. The number of aliphatic hydroxyl groups is 1. The normalized spacial score (nSPS) is 14.0. The van der Waals surface area contributed by atoms with Gasteiger partial charge in [-0.15, -0.1) is 0 Å². The molecule has 17 nitrogen and oxygen atoms in total. The summed E-state index contributed by atoms with van der Waals surface area (Å²) in [6.07, 6.45) is 55.5. The number of hydrogen-bond donors (Lipinski definition) is 3. The van der Waals surface area contributed by atoms with Crippen molar-refractivity contribution in [2.24, 2.45) is 5.92 Å². The highest BCUT2D eigenvalue weighted by atomic mass is 31.2. The Kier molecular flexibility index (Phi) is 65.9. The monoisotopic (exact) mass is 1370 g/mol. The number of aliphatic hydroxyl groups excluding tert-OH is 1. The highest BCUT2D eigenvalue weighted by Crippen LogP contribution is 2.45. The van der Waals surface area contributed by atoms with Gasteiger partial charge in [0.15, 0.2) is 12.2 Å². The maximum absolute atomic E-state index is 13.1. The molecule has 552 valence electrons. The van der Waals surface area contributed by atoms with Gasteiger partial charge in [0.25, 0.3) is 0 Å². The van der Waals surface area contributed by atoms with E-state index in [0.717, 1.165) is 109 Å². The van der Waals surface area contributed by atoms with Gasteiger partial charge in [0.1, 0.15) is 19.3 Å². The average Bonchev–Trinajstić information content (AvgIpc) is 2.74. The van der Waals surface area contributed by atoms with Crippen molar-refractivity contribution >= 4 is 39.5 Å². The second-order valence-corrected chi connectivity index (χ2v) is 30.1. The summed E-state index contributed by atoms with van der Waals surface area (Å²) in [5, 5.41) is 10.6. The SMILES string of the molecule is CCCCCCCCCCCCCCCCCC(=O)OC[C@H](COP(=O)(O)OC[C@@H](O)COP(=O)(O)OC[C@@H](COC(=O)CCCCCCCCC)OC(=O)CCCCCCCCCCCCCC)OC(=O)CCCCCCCCCCCCCCCCCCC(C)C. The van der Waals surface area contributed by atoms with Crippen LogP contribution in [0.15, 0.2) is 0 Å². The fraction of sp³-hybridized carbons (Fsp3) is 0.946. The lowest BCUT2D eigenvalue weighted by Crippen LogP contribution is -2.30. The Morgan fingerprint density at radius 2 is 0.495 bits per heavy atom. The standard InChI is InChI=1S/C74H144O17P2/c1-6-9-12-15-18-20-22-24-27-31-35-38-43-48-53-58-72(77)85-64-70(91-74(79)60-55-50-45-40-36-32-29-26-25-28-30-33-37-42-46-51-56-67(4)5)66-89-93(82,83)87-62-68(75)61-86-92(80,81)88-65-69(63-84-71(76)57-52-47-41-17-14-11-8-3)90-73(78)59-54-49-44-39-34-23-21-19-16-13-10-7-2/h67-70,75H,6-66H2,1-5H3,(H,80,81)(H,82,83)/t68-,69+,70+/m0/s1. The van der Waals surface area contributed by atoms with E-state index in [1.807, 2.05) is 0 Å². The topological polar surface area (TPSA) is 237 Å². The summed E-state index contributed by atoms with van der Waals surface area (Å²) in [4.78, 5) is 72.6. The van der Waals surface area contributed by atoms with E-state index in [1.54, 1.807) is 0 Å². The molecule has 0 bridgehead atoms. The molecule has 0 aromatic rings. The molecule has 0 heterocycles. The molecule has 0 aliphatic heterocycles. The number of phosphoric ester groups is 2. The molecule has 3 N–H and O–H groups in total. The molecule has 0 aromatic heterocycles. The summed E-state index contributed by atoms with van der Waals surface area (Å²) in [7, 11) is -9.90. The van der Waals surface area contributed by atoms with Crippen molar-refractivity contribution in [1.82, 2.24) is 0 Å². The lowest BCUT2D eigenvalue weighted by molar-refractivity contribution is -0.161. The molecule has 93 heavy (non-hydrogen) atoms. The number of ether oxygens (including phenoxy) is 4. The van der Waals surface area contributed by atoms with Crippen molar-refractivity contribution in [2.45, 2.75) is 406 Å². The third-order valence-corrected chi connectivity index (χ3v) is 19.2. The van der Waals surface area contributed by atoms with Crippen LogP contribution in [-0.2, 0) is 65.4 Å². The molecule has 2 unspecified atom stereocenters. The number of hydrogen-bond acceptors (Lipinski definition) is 15. The van der Waals surface area contributed by atoms with Gasteiger partial charge in [0.05, 0.1) is 26.4 Å². The number of carbonyl (C=O) groups is 4. The summed E-state index contributed by atoms with van der Waals surface area (Å²) in [5.74, 6) is -1.31. The summed E-state index contributed by atoms with van der Waals surface area (Å²) >= 11 is 0. The molecule has 0 spiro atoms. The van der Waals surface area contributed by atoms with Crippen LogP contribution in [0, 0.1) is 5.92 Å². The van der Waals surface area contributed by atoms with Crippen LogP contribution in [0.25, 0.3) is 0 Å². The molecule has 19 heteroatoms. The molecule has 0 rings (SSSR count). The second kappa shape index (κ2) is 67.3. The van der Waals surface area contributed by atoms with Crippen molar-refractivity contribution in [3.8, 4) is 0 Å². The van der Waals surface area contributed by atoms with Gasteiger partial charge in [-0.25, -0.2) is 9.13 Å². The molecule has 0 saturated heterocycles. The minimum Gasteiger partial charge on any atom is -0.462 e. The summed E-state index contributed by atoms with van der Waals surface area (Å²) in [6.45, 7) is 7.27. The van der Waals surface area contributed by atoms with Crippen LogP contribution < -0.4 is 0 Å². The lowest BCUT2D eigenvalue weighted by Gasteiger charge is -2.21. The van der Waals surface area contributed by atoms with Gasteiger partial charge in [0, 0.05) is 25.7 Å². The molecule has 0 aliphatic rings. The van der Waals surface area contributed by atoms with E-state index in [-0.39, 0.29) is 25.7 Å². The number of unbranched alkanes of at least 4 members (excludes halogenated alkanes) is 46. The van der Waals surface area contributed by atoms with Crippen molar-refractivity contribution in [3.63, 3.8) is 0 Å². The predicted molar refractivity (Wildman–Crippen MR) is 377 cm³/mol. The molecule has 5 atom stereocenters. The summed E-state index contributed by atoms with van der Waals surface area (Å²) < 4.78 is 68.3. The third-order valence-electron chi connectivity index (χ3n) is 17.3. The Hall–Kier alpha value is -1.94. The predicted octanol–water partition coefficient (Wildman–Crippen LogP) is 21.7. The Balaban J connectivity index is 5.18. The Morgan fingerprint density at radius 3 is 0.731 bits per heavy atom. The molecule has 0 saturated carbocycles. The highest BCUT2D eigenvalue weighted by molar-refractivity contribution is 7.47. The van der Waals surface area contributed by atoms with E-state index < -0.39 is 97.5 Å². The van der Waals surface area contributed by atoms with Crippen LogP contribution in [0.3, 0.4) is 0 Å². The molecule has 0 aromatic carbocycles. The highest BCUT2D eigenvalue weighted by Gasteiger charge is 2.30. The van der Waals surface area contributed by atoms with Gasteiger partial charge in [-0.2, -0.15) is 0 Å². The van der Waals surface area contributed by atoms with E-state index in [1.165, 1.54) is 199 Å². The lowest BCUT2D eigenvalue weighted by atomic mass is 10.0. The van der Waals surface area contributed by atoms with Crippen LogP contribution in [0.5, 0.6) is 0 Å². The van der Waals surface area contributed by atoms with Crippen LogP contribution in [0.2, 0.25) is 0 Å². The van der Waals surface area contributed by atoms with Crippen LogP contribution >= 0.6 is 15.6 Å². The minimum absolute atomic E-state index is 0.107. The zero-order valence-electron chi connectivity index (χ0n) is 60.4.